The summed E-state index contributed by atoms with van der Waals surface area (Å²) in [5.41, 5.74) is 6.92. The summed E-state index contributed by atoms with van der Waals surface area (Å²) in [4.78, 5) is 27.4. The van der Waals surface area contributed by atoms with E-state index in [9.17, 15) is 10.1 Å². The maximum Gasteiger partial charge on any atom is 0.153 e. The molecule has 1 saturated carbocycles. The molecule has 1 fully saturated rings. The molecule has 6 rings (SSSR count). The Kier molecular flexibility index (Phi) is 5.52. The van der Waals surface area contributed by atoms with Crippen molar-refractivity contribution in [1.29, 1.82) is 5.26 Å². The van der Waals surface area contributed by atoms with Crippen LogP contribution in [0.5, 0.6) is 0 Å². The number of nitrogens with zero attached hydrogens (tertiary/aromatic N) is 5. The van der Waals surface area contributed by atoms with Crippen molar-refractivity contribution in [1.82, 2.24) is 19.5 Å². The first-order valence-corrected chi connectivity index (χ1v) is 12.9. The maximum atomic E-state index is 13.1. The molecular weight excluding hydrogens is 458 g/mol. The summed E-state index contributed by atoms with van der Waals surface area (Å²) in [5, 5.41) is 9.98. The molecule has 37 heavy (non-hydrogen) atoms. The van der Waals surface area contributed by atoms with Crippen LogP contribution in [-0.4, -0.2) is 25.3 Å². The molecule has 184 valence electrons. The van der Waals surface area contributed by atoms with Crippen molar-refractivity contribution in [2.75, 3.05) is 0 Å². The fraction of sp³-hybridized carbons (Fsp3) is 0.323. The van der Waals surface area contributed by atoms with Gasteiger partial charge in [0.2, 0.25) is 0 Å². The van der Waals surface area contributed by atoms with Crippen molar-refractivity contribution in [3.8, 4) is 28.6 Å². The molecular formula is C31H29N5O. The van der Waals surface area contributed by atoms with Gasteiger partial charge in [-0.3, -0.25) is 4.79 Å². The summed E-state index contributed by atoms with van der Waals surface area (Å²) in [6.45, 7) is 3.95. The minimum atomic E-state index is -0.644. The van der Waals surface area contributed by atoms with E-state index in [1.165, 1.54) is 0 Å². The van der Waals surface area contributed by atoms with Crippen molar-refractivity contribution in [2.24, 2.45) is 24.8 Å². The molecule has 0 radical (unpaired) electrons. The van der Waals surface area contributed by atoms with Crippen LogP contribution in [0.3, 0.4) is 0 Å². The van der Waals surface area contributed by atoms with Gasteiger partial charge in [-0.1, -0.05) is 61.5 Å². The second-order valence-electron chi connectivity index (χ2n) is 10.5. The molecule has 0 amide bonds. The predicted octanol–water partition coefficient (Wildman–Crippen LogP) is 5.45. The Balaban J connectivity index is 1.55. The monoisotopic (exact) mass is 487 g/mol. The van der Waals surface area contributed by atoms with Crippen molar-refractivity contribution >= 4 is 5.78 Å². The highest BCUT2D eigenvalue weighted by atomic mass is 16.1. The number of ketones is 1. The summed E-state index contributed by atoms with van der Waals surface area (Å²) in [6, 6.07) is 21.2. The first kappa shape index (κ1) is 23.3. The number of hydrogen-bond acceptors (Lipinski definition) is 5. The van der Waals surface area contributed by atoms with E-state index >= 15 is 0 Å². The average Bonchev–Trinajstić information content (AvgIpc) is 3.36. The zero-order chi connectivity index (χ0) is 25.7. The lowest BCUT2D eigenvalue weighted by Gasteiger charge is -2.51. The van der Waals surface area contributed by atoms with Gasteiger partial charge in [0, 0.05) is 29.5 Å². The number of carbonyl (C=O) groups excluding carboxylic acids is 1. The Morgan fingerprint density at radius 2 is 1.78 bits per heavy atom. The minimum Gasteiger partial charge on any atom is -0.334 e. The summed E-state index contributed by atoms with van der Waals surface area (Å²) in [5.74, 6) is 0.0181. The van der Waals surface area contributed by atoms with Gasteiger partial charge in [-0.05, 0) is 43.2 Å². The van der Waals surface area contributed by atoms with Crippen LogP contribution in [0.15, 0.2) is 67.1 Å². The van der Waals surface area contributed by atoms with Crippen molar-refractivity contribution in [3.63, 3.8) is 0 Å². The third-order valence-corrected chi connectivity index (χ3v) is 8.52. The first-order chi connectivity index (χ1) is 17.9. The molecule has 2 aliphatic carbocycles. The van der Waals surface area contributed by atoms with E-state index in [0.29, 0.717) is 12.2 Å². The molecule has 2 aliphatic rings. The van der Waals surface area contributed by atoms with Crippen LogP contribution in [0.25, 0.3) is 22.5 Å². The van der Waals surface area contributed by atoms with Gasteiger partial charge in [-0.25, -0.2) is 15.0 Å². The Labute approximate surface area is 217 Å². The molecule has 2 heterocycles. The quantitative estimate of drug-likeness (QED) is 0.384. The molecule has 4 aromatic rings. The Hall–Kier alpha value is -4.11. The van der Waals surface area contributed by atoms with Gasteiger partial charge in [-0.15, -0.1) is 0 Å². The molecule has 2 aromatic carbocycles. The highest BCUT2D eigenvalue weighted by Crippen LogP contribution is 2.56. The van der Waals surface area contributed by atoms with Gasteiger partial charge in [0.25, 0.3) is 0 Å². The van der Waals surface area contributed by atoms with Gasteiger partial charge in [0.1, 0.15) is 11.7 Å². The highest BCUT2D eigenvalue weighted by Gasteiger charge is 2.56. The van der Waals surface area contributed by atoms with Crippen LogP contribution in [0, 0.1) is 36.0 Å². The SMILES string of the molecule is Cc1nc(-c2ccc(-c3cncn3C)cc2)c2c(n1)[C@]1(c3ccccc3)CC(C#N)C(=O)[C@@H](C)[C@@H]1CC2. The lowest BCUT2D eigenvalue weighted by atomic mass is 9.50. The van der Waals surface area contributed by atoms with Crippen molar-refractivity contribution in [3.05, 3.63) is 89.8 Å². The normalized spacial score (nSPS) is 24.7. The Morgan fingerprint density at radius 1 is 1.05 bits per heavy atom. The van der Waals surface area contributed by atoms with Gasteiger partial charge in [-0.2, -0.15) is 5.26 Å². The molecule has 4 atom stereocenters. The highest BCUT2D eigenvalue weighted by molar-refractivity contribution is 5.87. The third kappa shape index (κ3) is 3.53. The number of aromatic nitrogens is 4. The van der Waals surface area contributed by atoms with E-state index in [4.69, 9.17) is 9.97 Å². The summed E-state index contributed by atoms with van der Waals surface area (Å²) < 4.78 is 2.01. The van der Waals surface area contributed by atoms with E-state index in [0.717, 1.165) is 52.2 Å². The number of fused-ring (bicyclic) bond motifs is 3. The van der Waals surface area contributed by atoms with Gasteiger partial charge < -0.3 is 4.57 Å². The molecule has 0 saturated heterocycles. The van der Waals surface area contributed by atoms with Crippen LogP contribution < -0.4 is 0 Å². The molecule has 6 heteroatoms. The molecule has 0 spiro atoms. The summed E-state index contributed by atoms with van der Waals surface area (Å²) >= 11 is 0. The van der Waals surface area contributed by atoms with Gasteiger partial charge in [0.15, 0.2) is 5.78 Å². The Bertz CT molecular complexity index is 1530. The number of Topliss-reactive ketones (excluding diaryl/α,β-unsaturated/α-hetero) is 1. The number of aryl methyl sites for hydroxylation is 2. The van der Waals surface area contributed by atoms with E-state index < -0.39 is 11.3 Å². The van der Waals surface area contributed by atoms with E-state index in [1.807, 2.05) is 49.9 Å². The minimum absolute atomic E-state index is 0.0688. The number of hydrogen-bond donors (Lipinski definition) is 0. The number of benzene rings is 2. The van der Waals surface area contributed by atoms with Crippen LogP contribution in [0.1, 0.15) is 42.4 Å². The molecule has 0 bridgehead atoms. The van der Waals surface area contributed by atoms with Gasteiger partial charge >= 0.3 is 0 Å². The zero-order valence-electron chi connectivity index (χ0n) is 21.3. The summed E-state index contributed by atoms with van der Waals surface area (Å²) in [7, 11) is 1.99. The molecule has 1 unspecified atom stereocenters. The van der Waals surface area contributed by atoms with Gasteiger partial charge in [0.05, 0.1) is 35.7 Å². The zero-order valence-corrected chi connectivity index (χ0v) is 21.3. The topological polar surface area (TPSA) is 84.5 Å². The van der Waals surface area contributed by atoms with Crippen molar-refractivity contribution in [2.45, 2.75) is 38.5 Å². The van der Waals surface area contributed by atoms with E-state index in [-0.39, 0.29) is 17.6 Å². The maximum absolute atomic E-state index is 13.1. The van der Waals surface area contributed by atoms with E-state index in [2.05, 4.69) is 47.5 Å². The lowest BCUT2D eigenvalue weighted by Crippen LogP contribution is -2.53. The Morgan fingerprint density at radius 3 is 2.46 bits per heavy atom. The number of rotatable bonds is 3. The predicted molar refractivity (Wildman–Crippen MR) is 141 cm³/mol. The summed E-state index contributed by atoms with van der Waals surface area (Å²) in [6.07, 6.45) is 5.80. The van der Waals surface area contributed by atoms with E-state index in [1.54, 1.807) is 6.33 Å². The third-order valence-electron chi connectivity index (χ3n) is 8.52. The van der Waals surface area contributed by atoms with Crippen LogP contribution >= 0.6 is 0 Å². The van der Waals surface area contributed by atoms with Crippen LogP contribution in [0.2, 0.25) is 0 Å². The largest absolute Gasteiger partial charge is 0.334 e. The van der Waals surface area contributed by atoms with Crippen molar-refractivity contribution < 1.29 is 4.79 Å². The fourth-order valence-electron chi connectivity index (χ4n) is 6.77. The standard InChI is InChI=1S/C31H29N5O/c1-19-26-14-13-25-28(22-11-9-21(10-12-22)27-17-33-18-36(27)3)34-20(2)35-30(25)31(26,15-23(16-32)29(19)37)24-7-5-4-6-8-24/h4-12,17-19,23,26H,13-15H2,1-3H3/t19-,23?,26-,31-/m0/s1. The number of imidazole rings is 1. The molecule has 6 nitrogen and oxygen atoms in total. The smallest absolute Gasteiger partial charge is 0.153 e. The first-order valence-electron chi connectivity index (χ1n) is 12.9. The van der Waals surface area contributed by atoms with Crippen LogP contribution in [-0.2, 0) is 23.7 Å². The fourth-order valence-corrected chi connectivity index (χ4v) is 6.77. The lowest BCUT2D eigenvalue weighted by molar-refractivity contribution is -0.131. The average molecular weight is 488 g/mol. The number of nitriles is 1. The van der Waals surface area contributed by atoms with Crippen LogP contribution in [0.4, 0.5) is 0 Å². The number of carbonyl (C=O) groups is 1. The molecule has 0 N–H and O–H groups in total. The molecule has 0 aliphatic heterocycles. The second kappa shape index (κ2) is 8.77. The second-order valence-corrected chi connectivity index (χ2v) is 10.5. The molecule has 2 aromatic heterocycles.